The van der Waals surface area contributed by atoms with E-state index < -0.39 is 0 Å². The third-order valence-electron chi connectivity index (χ3n) is 4.17. The van der Waals surface area contributed by atoms with E-state index in [9.17, 15) is 0 Å². The summed E-state index contributed by atoms with van der Waals surface area (Å²) in [6.07, 6.45) is 4.37. The minimum absolute atomic E-state index is 0.263. The van der Waals surface area contributed by atoms with Crippen LogP contribution in [-0.2, 0) is 6.61 Å². The summed E-state index contributed by atoms with van der Waals surface area (Å²) >= 11 is 0. The molecule has 1 aliphatic rings. The third-order valence-corrected chi connectivity index (χ3v) is 4.17. The van der Waals surface area contributed by atoms with E-state index in [0.717, 1.165) is 50.5 Å². The molecule has 0 amide bonds. The molecule has 3 heterocycles. The van der Waals surface area contributed by atoms with Crippen molar-refractivity contribution in [3.05, 3.63) is 48.3 Å². The second kappa shape index (κ2) is 8.61. The van der Waals surface area contributed by atoms with Crippen LogP contribution in [0.5, 0.6) is 5.88 Å². The lowest BCUT2D eigenvalue weighted by atomic mass is 10.3. The molecule has 0 bridgehead atoms. The van der Waals surface area contributed by atoms with Crippen LogP contribution in [0.1, 0.15) is 12.0 Å². The summed E-state index contributed by atoms with van der Waals surface area (Å²) in [7, 11) is 0. The van der Waals surface area contributed by atoms with Crippen LogP contribution in [0, 0.1) is 0 Å². The number of nitrogens with zero attached hydrogens (tertiary/aromatic N) is 4. The van der Waals surface area contributed by atoms with Gasteiger partial charge < -0.3 is 14.7 Å². The lowest BCUT2D eigenvalue weighted by Gasteiger charge is -2.35. The summed E-state index contributed by atoms with van der Waals surface area (Å²) < 4.78 is 5.79. The standard InChI is InChI=1S/C18H24N4O2/c23-14-2-9-21-10-12-22(13-11-21)17-3-1-4-18(20-17)24-15-16-5-7-19-8-6-16/h1,3-8,23H,2,9-15H2. The number of aromatic nitrogens is 2. The van der Waals surface area contributed by atoms with Gasteiger partial charge in [-0.15, -0.1) is 0 Å². The number of hydrogen-bond donors (Lipinski definition) is 1. The lowest BCUT2D eigenvalue weighted by molar-refractivity contribution is 0.215. The van der Waals surface area contributed by atoms with Gasteiger partial charge in [-0.2, -0.15) is 4.98 Å². The molecule has 0 unspecified atom stereocenters. The van der Waals surface area contributed by atoms with E-state index in [1.165, 1.54) is 0 Å². The minimum atomic E-state index is 0.263. The number of aliphatic hydroxyl groups excluding tert-OH is 1. The van der Waals surface area contributed by atoms with Gasteiger partial charge in [0, 0.05) is 57.8 Å². The van der Waals surface area contributed by atoms with Crippen molar-refractivity contribution in [2.24, 2.45) is 0 Å². The highest BCUT2D eigenvalue weighted by Crippen LogP contribution is 2.18. The van der Waals surface area contributed by atoms with Crippen LogP contribution in [0.2, 0.25) is 0 Å². The zero-order valence-corrected chi connectivity index (χ0v) is 13.8. The monoisotopic (exact) mass is 328 g/mol. The molecule has 128 valence electrons. The van der Waals surface area contributed by atoms with Crippen LogP contribution in [0.25, 0.3) is 0 Å². The Morgan fingerprint density at radius 3 is 2.58 bits per heavy atom. The first-order valence-corrected chi connectivity index (χ1v) is 8.42. The van der Waals surface area contributed by atoms with Crippen molar-refractivity contribution < 1.29 is 9.84 Å². The first kappa shape index (κ1) is 16.7. The third kappa shape index (κ3) is 4.66. The highest BCUT2D eigenvalue weighted by Gasteiger charge is 2.17. The minimum Gasteiger partial charge on any atom is -0.473 e. The number of aliphatic hydroxyl groups is 1. The van der Waals surface area contributed by atoms with Gasteiger partial charge in [0.15, 0.2) is 0 Å². The van der Waals surface area contributed by atoms with Crippen LogP contribution in [0.3, 0.4) is 0 Å². The molecule has 6 nitrogen and oxygen atoms in total. The average Bonchev–Trinajstić information content (AvgIpc) is 2.66. The highest BCUT2D eigenvalue weighted by molar-refractivity contribution is 5.41. The van der Waals surface area contributed by atoms with Crippen LogP contribution in [0.15, 0.2) is 42.7 Å². The van der Waals surface area contributed by atoms with E-state index in [0.29, 0.717) is 12.5 Å². The van der Waals surface area contributed by atoms with Gasteiger partial charge in [-0.1, -0.05) is 6.07 Å². The fraction of sp³-hybridized carbons (Fsp3) is 0.444. The Bertz CT molecular complexity index is 615. The Labute approximate surface area is 142 Å². The van der Waals surface area contributed by atoms with E-state index >= 15 is 0 Å². The molecule has 1 N–H and O–H groups in total. The molecule has 1 fully saturated rings. The first-order chi connectivity index (χ1) is 11.8. The quantitative estimate of drug-likeness (QED) is 0.832. The van der Waals surface area contributed by atoms with Gasteiger partial charge in [0.25, 0.3) is 0 Å². The van der Waals surface area contributed by atoms with E-state index in [1.807, 2.05) is 30.3 Å². The van der Waals surface area contributed by atoms with Crippen molar-refractivity contribution in [1.82, 2.24) is 14.9 Å². The molecule has 1 aliphatic heterocycles. The van der Waals surface area contributed by atoms with Gasteiger partial charge >= 0.3 is 0 Å². The van der Waals surface area contributed by atoms with Crippen molar-refractivity contribution in [1.29, 1.82) is 0 Å². The van der Waals surface area contributed by atoms with E-state index in [2.05, 4.69) is 19.8 Å². The maximum absolute atomic E-state index is 8.93. The van der Waals surface area contributed by atoms with Gasteiger partial charge in [0.1, 0.15) is 12.4 Å². The van der Waals surface area contributed by atoms with Gasteiger partial charge in [-0.3, -0.25) is 9.88 Å². The molecule has 0 atom stereocenters. The molecule has 0 aliphatic carbocycles. The van der Waals surface area contributed by atoms with Crippen molar-refractivity contribution in [2.45, 2.75) is 13.0 Å². The molecule has 6 heteroatoms. The van der Waals surface area contributed by atoms with Crippen LogP contribution < -0.4 is 9.64 Å². The molecule has 0 saturated carbocycles. The molecule has 2 aromatic heterocycles. The average molecular weight is 328 g/mol. The van der Waals surface area contributed by atoms with Gasteiger partial charge in [-0.05, 0) is 30.2 Å². The largest absolute Gasteiger partial charge is 0.473 e. The lowest BCUT2D eigenvalue weighted by Crippen LogP contribution is -2.47. The summed E-state index contributed by atoms with van der Waals surface area (Å²) in [5, 5.41) is 8.93. The molecule has 0 aromatic carbocycles. The SMILES string of the molecule is OCCCN1CCN(c2cccc(OCc3ccncc3)n2)CC1. The molecule has 3 rings (SSSR count). The second-order valence-corrected chi connectivity index (χ2v) is 5.88. The Morgan fingerprint density at radius 1 is 1.04 bits per heavy atom. The number of piperazine rings is 1. The van der Waals surface area contributed by atoms with Crippen molar-refractivity contribution in [2.75, 3.05) is 44.2 Å². The zero-order valence-electron chi connectivity index (χ0n) is 13.8. The predicted octanol–water partition coefficient (Wildman–Crippen LogP) is 1.56. The summed E-state index contributed by atoms with van der Waals surface area (Å²) in [6.45, 7) is 5.63. The Hall–Kier alpha value is -2.18. The first-order valence-electron chi connectivity index (χ1n) is 8.42. The van der Waals surface area contributed by atoms with E-state index in [1.54, 1.807) is 12.4 Å². The second-order valence-electron chi connectivity index (χ2n) is 5.88. The summed E-state index contributed by atoms with van der Waals surface area (Å²) in [5.41, 5.74) is 1.08. The number of hydrogen-bond acceptors (Lipinski definition) is 6. The molecule has 0 spiro atoms. The van der Waals surface area contributed by atoms with Crippen LogP contribution >= 0.6 is 0 Å². The Morgan fingerprint density at radius 2 is 1.83 bits per heavy atom. The summed E-state index contributed by atoms with van der Waals surface area (Å²) in [4.78, 5) is 13.3. The predicted molar refractivity (Wildman–Crippen MR) is 93.2 cm³/mol. The van der Waals surface area contributed by atoms with Gasteiger partial charge in [-0.25, -0.2) is 0 Å². The van der Waals surface area contributed by atoms with Crippen molar-refractivity contribution in [3.8, 4) is 5.88 Å². The number of rotatable bonds is 7. The molecular formula is C18H24N4O2. The molecular weight excluding hydrogens is 304 g/mol. The van der Waals surface area contributed by atoms with Gasteiger partial charge in [0.2, 0.25) is 5.88 Å². The molecule has 24 heavy (non-hydrogen) atoms. The summed E-state index contributed by atoms with van der Waals surface area (Å²) in [5.74, 6) is 1.61. The van der Waals surface area contributed by atoms with E-state index in [4.69, 9.17) is 9.84 Å². The maximum atomic E-state index is 8.93. The Balaban J connectivity index is 1.54. The molecule has 2 aromatic rings. The highest BCUT2D eigenvalue weighted by atomic mass is 16.5. The van der Waals surface area contributed by atoms with E-state index in [-0.39, 0.29) is 6.61 Å². The molecule has 1 saturated heterocycles. The van der Waals surface area contributed by atoms with Crippen molar-refractivity contribution >= 4 is 5.82 Å². The fourth-order valence-corrected chi connectivity index (χ4v) is 2.79. The maximum Gasteiger partial charge on any atom is 0.215 e. The number of anilines is 1. The number of pyridine rings is 2. The fourth-order valence-electron chi connectivity index (χ4n) is 2.79. The normalized spacial score (nSPS) is 15.5. The molecule has 0 radical (unpaired) electrons. The topological polar surface area (TPSA) is 61.7 Å². The zero-order chi connectivity index (χ0) is 16.6. The number of ether oxygens (including phenoxy) is 1. The Kier molecular flexibility index (Phi) is 5.98. The van der Waals surface area contributed by atoms with Gasteiger partial charge in [0.05, 0.1) is 0 Å². The summed E-state index contributed by atoms with van der Waals surface area (Å²) in [6, 6.07) is 9.79. The van der Waals surface area contributed by atoms with Crippen molar-refractivity contribution in [3.63, 3.8) is 0 Å². The van der Waals surface area contributed by atoms with Crippen LogP contribution in [-0.4, -0.2) is 59.3 Å². The van der Waals surface area contributed by atoms with Crippen LogP contribution in [0.4, 0.5) is 5.82 Å². The smallest absolute Gasteiger partial charge is 0.215 e.